The van der Waals surface area contributed by atoms with Crippen molar-refractivity contribution in [3.05, 3.63) is 58.8 Å². The summed E-state index contributed by atoms with van der Waals surface area (Å²) in [6.07, 6.45) is 0. The van der Waals surface area contributed by atoms with Crippen LogP contribution in [0, 0.1) is 25.2 Å². The quantitative estimate of drug-likeness (QED) is 0.904. The highest BCUT2D eigenvalue weighted by molar-refractivity contribution is 5.46. The number of nitrogens with zero attached hydrogens (tertiary/aromatic N) is 2. The number of aryl methyl sites for hydroxylation is 2. The van der Waals surface area contributed by atoms with Crippen LogP contribution in [-0.4, -0.2) is 4.98 Å². The second-order valence-corrected chi connectivity index (χ2v) is 4.77. The first-order valence-corrected chi connectivity index (χ1v) is 6.30. The molecule has 1 aromatic carbocycles. The highest BCUT2D eigenvalue weighted by Crippen LogP contribution is 2.19. The van der Waals surface area contributed by atoms with Gasteiger partial charge >= 0.3 is 0 Å². The molecule has 19 heavy (non-hydrogen) atoms. The predicted octanol–water partition coefficient (Wildman–Crippen LogP) is 3.74. The Bertz CT molecular complexity index is 609. The fourth-order valence-corrected chi connectivity index (χ4v) is 1.97. The summed E-state index contributed by atoms with van der Waals surface area (Å²) in [5, 5.41) is 12.3. The molecule has 2 aromatic rings. The number of pyridine rings is 1. The molecule has 0 aliphatic heterocycles. The maximum atomic E-state index is 8.96. The molecule has 1 heterocycles. The highest BCUT2D eigenvalue weighted by Gasteiger charge is 2.07. The lowest BCUT2D eigenvalue weighted by Gasteiger charge is -2.15. The molecule has 3 nitrogen and oxygen atoms in total. The Morgan fingerprint density at radius 3 is 2.47 bits per heavy atom. The Kier molecular flexibility index (Phi) is 3.82. The van der Waals surface area contributed by atoms with E-state index in [4.69, 9.17) is 5.26 Å². The van der Waals surface area contributed by atoms with Crippen LogP contribution < -0.4 is 5.32 Å². The molecule has 3 heteroatoms. The smallest absolute Gasteiger partial charge is 0.127 e. The van der Waals surface area contributed by atoms with Crippen molar-refractivity contribution in [3.63, 3.8) is 0 Å². The average Bonchev–Trinajstić information content (AvgIpc) is 2.38. The van der Waals surface area contributed by atoms with Crippen molar-refractivity contribution in [2.24, 2.45) is 0 Å². The van der Waals surface area contributed by atoms with Crippen LogP contribution >= 0.6 is 0 Å². The first-order valence-electron chi connectivity index (χ1n) is 6.30. The summed E-state index contributed by atoms with van der Waals surface area (Å²) in [4.78, 5) is 4.40. The molecular weight excluding hydrogens is 234 g/mol. The molecule has 1 unspecified atom stereocenters. The molecule has 0 radical (unpaired) electrons. The molecule has 0 fully saturated rings. The molecule has 0 amide bonds. The molecule has 0 aliphatic carbocycles. The summed E-state index contributed by atoms with van der Waals surface area (Å²) >= 11 is 0. The Morgan fingerprint density at radius 2 is 1.84 bits per heavy atom. The number of rotatable bonds is 3. The summed E-state index contributed by atoms with van der Waals surface area (Å²) in [6, 6.07) is 14.3. The number of aromatic nitrogens is 1. The van der Waals surface area contributed by atoms with Crippen LogP contribution in [0.15, 0.2) is 36.4 Å². The minimum Gasteiger partial charge on any atom is -0.364 e. The summed E-state index contributed by atoms with van der Waals surface area (Å²) in [5.41, 5.74) is 3.92. The minimum atomic E-state index is 0.154. The van der Waals surface area contributed by atoms with Crippen molar-refractivity contribution in [3.8, 4) is 6.07 Å². The first-order chi connectivity index (χ1) is 9.08. The fraction of sp³-hybridized carbons (Fsp3) is 0.250. The third kappa shape index (κ3) is 3.32. The van der Waals surface area contributed by atoms with E-state index < -0.39 is 0 Å². The molecule has 0 bridgehead atoms. The number of hydrogen-bond acceptors (Lipinski definition) is 3. The van der Waals surface area contributed by atoms with Crippen molar-refractivity contribution in [2.75, 3.05) is 5.32 Å². The van der Waals surface area contributed by atoms with Crippen LogP contribution in [-0.2, 0) is 0 Å². The van der Waals surface area contributed by atoms with E-state index in [1.165, 1.54) is 11.1 Å². The van der Waals surface area contributed by atoms with Crippen LogP contribution in [0.25, 0.3) is 0 Å². The zero-order valence-electron chi connectivity index (χ0n) is 11.4. The Hall–Kier alpha value is -2.34. The van der Waals surface area contributed by atoms with Crippen molar-refractivity contribution in [2.45, 2.75) is 26.8 Å². The van der Waals surface area contributed by atoms with Gasteiger partial charge in [-0.05, 0) is 38.5 Å². The molecule has 2 rings (SSSR count). The second-order valence-electron chi connectivity index (χ2n) is 4.77. The van der Waals surface area contributed by atoms with Gasteiger partial charge in [-0.25, -0.2) is 4.98 Å². The topological polar surface area (TPSA) is 48.7 Å². The summed E-state index contributed by atoms with van der Waals surface area (Å²) in [6.45, 7) is 6.05. The fourth-order valence-electron chi connectivity index (χ4n) is 1.97. The van der Waals surface area contributed by atoms with Crippen LogP contribution in [0.4, 0.5) is 5.82 Å². The lowest BCUT2D eigenvalue weighted by molar-refractivity contribution is 0.871. The van der Waals surface area contributed by atoms with Gasteiger partial charge in [-0.15, -0.1) is 0 Å². The second kappa shape index (κ2) is 5.53. The Morgan fingerprint density at radius 1 is 1.16 bits per heavy atom. The normalized spacial score (nSPS) is 11.7. The van der Waals surface area contributed by atoms with Gasteiger partial charge in [-0.1, -0.05) is 29.8 Å². The van der Waals surface area contributed by atoms with Gasteiger partial charge in [0, 0.05) is 11.7 Å². The van der Waals surface area contributed by atoms with E-state index in [0.717, 1.165) is 11.5 Å². The third-order valence-electron chi connectivity index (χ3n) is 3.02. The van der Waals surface area contributed by atoms with Crippen LogP contribution in [0.5, 0.6) is 0 Å². The number of anilines is 1. The van der Waals surface area contributed by atoms with Crippen molar-refractivity contribution < 1.29 is 0 Å². The van der Waals surface area contributed by atoms with Crippen LogP contribution in [0.3, 0.4) is 0 Å². The van der Waals surface area contributed by atoms with Crippen LogP contribution in [0.2, 0.25) is 0 Å². The summed E-state index contributed by atoms with van der Waals surface area (Å²) in [7, 11) is 0. The van der Waals surface area contributed by atoms with Crippen molar-refractivity contribution in [1.82, 2.24) is 4.98 Å². The SMILES string of the molecule is Cc1ccc(C(C)Nc2cc(C#N)cc(C)n2)cc1. The van der Waals surface area contributed by atoms with Gasteiger partial charge in [0.05, 0.1) is 11.6 Å². The molecule has 1 atom stereocenters. The van der Waals surface area contributed by atoms with Gasteiger partial charge in [0.15, 0.2) is 0 Å². The zero-order valence-corrected chi connectivity index (χ0v) is 11.4. The van der Waals surface area contributed by atoms with Gasteiger partial charge in [0.1, 0.15) is 5.82 Å². The van der Waals surface area contributed by atoms with E-state index in [1.54, 1.807) is 12.1 Å². The third-order valence-corrected chi connectivity index (χ3v) is 3.02. The van der Waals surface area contributed by atoms with Crippen molar-refractivity contribution in [1.29, 1.82) is 5.26 Å². The molecule has 0 saturated carbocycles. The predicted molar refractivity (Wildman–Crippen MR) is 76.9 cm³/mol. The zero-order chi connectivity index (χ0) is 13.8. The number of nitriles is 1. The van der Waals surface area contributed by atoms with Gasteiger partial charge in [0.25, 0.3) is 0 Å². The molecule has 96 valence electrons. The molecule has 1 aromatic heterocycles. The molecule has 0 saturated heterocycles. The molecule has 1 N–H and O–H groups in total. The van der Waals surface area contributed by atoms with Gasteiger partial charge in [-0.3, -0.25) is 0 Å². The number of nitrogens with one attached hydrogen (secondary N) is 1. The van der Waals surface area contributed by atoms with Gasteiger partial charge < -0.3 is 5.32 Å². The Labute approximate surface area is 113 Å². The van der Waals surface area contributed by atoms with Gasteiger partial charge in [0.2, 0.25) is 0 Å². The lowest BCUT2D eigenvalue weighted by Crippen LogP contribution is -2.08. The highest BCUT2D eigenvalue weighted by atomic mass is 15.0. The van der Waals surface area contributed by atoms with E-state index in [2.05, 4.69) is 54.5 Å². The largest absolute Gasteiger partial charge is 0.364 e. The van der Waals surface area contributed by atoms with Gasteiger partial charge in [-0.2, -0.15) is 5.26 Å². The number of benzene rings is 1. The van der Waals surface area contributed by atoms with E-state index >= 15 is 0 Å². The first kappa shape index (κ1) is 13.1. The summed E-state index contributed by atoms with van der Waals surface area (Å²) < 4.78 is 0. The molecule has 0 aliphatic rings. The van der Waals surface area contributed by atoms with Crippen molar-refractivity contribution >= 4 is 5.82 Å². The van der Waals surface area contributed by atoms with E-state index in [1.807, 2.05) is 6.92 Å². The minimum absolute atomic E-state index is 0.154. The molecular formula is C16H17N3. The lowest BCUT2D eigenvalue weighted by atomic mass is 10.1. The van der Waals surface area contributed by atoms with Crippen LogP contribution in [0.1, 0.15) is 35.3 Å². The van der Waals surface area contributed by atoms with E-state index in [-0.39, 0.29) is 6.04 Å². The average molecular weight is 251 g/mol. The standard InChI is InChI=1S/C16H17N3/c1-11-4-6-15(7-5-11)13(3)19-16-9-14(10-17)8-12(2)18-16/h4-9,13H,1-3H3,(H,18,19). The summed E-state index contributed by atoms with van der Waals surface area (Å²) in [5.74, 6) is 0.740. The van der Waals surface area contributed by atoms with E-state index in [9.17, 15) is 0 Å². The maximum absolute atomic E-state index is 8.96. The maximum Gasteiger partial charge on any atom is 0.127 e. The number of hydrogen-bond donors (Lipinski definition) is 1. The monoisotopic (exact) mass is 251 g/mol. The Balaban J connectivity index is 2.19. The van der Waals surface area contributed by atoms with E-state index in [0.29, 0.717) is 5.56 Å². The molecule has 0 spiro atoms.